The Balaban J connectivity index is 0.000000187. The lowest BCUT2D eigenvalue weighted by molar-refractivity contribution is -0.137. The van der Waals surface area contributed by atoms with Crippen molar-refractivity contribution >= 4 is 32.9 Å². The van der Waals surface area contributed by atoms with E-state index < -0.39 is 17.5 Å². The molecule has 4 aromatic rings. The van der Waals surface area contributed by atoms with Gasteiger partial charge >= 0.3 is 6.18 Å². The number of alkyl halides is 3. The van der Waals surface area contributed by atoms with Crippen LogP contribution in [0.2, 0.25) is 0 Å². The SMILES string of the molecule is COc1ccc2nc(-c3ccc(N)cc3)sc2c1.Nc1ccc(O)cc1C(F)(F)F. The van der Waals surface area contributed by atoms with Crippen LogP contribution in [0.25, 0.3) is 20.8 Å². The minimum Gasteiger partial charge on any atom is -0.508 e. The molecule has 30 heavy (non-hydrogen) atoms. The average molecular weight is 433 g/mol. The van der Waals surface area contributed by atoms with Gasteiger partial charge in [-0.05, 0) is 60.7 Å². The van der Waals surface area contributed by atoms with E-state index in [-0.39, 0.29) is 5.69 Å². The van der Waals surface area contributed by atoms with Gasteiger partial charge in [0.05, 0.1) is 22.9 Å². The third-order valence-electron chi connectivity index (χ3n) is 4.10. The van der Waals surface area contributed by atoms with Crippen molar-refractivity contribution in [3.63, 3.8) is 0 Å². The number of ether oxygens (including phenoxy) is 1. The van der Waals surface area contributed by atoms with Crippen molar-refractivity contribution in [2.24, 2.45) is 0 Å². The van der Waals surface area contributed by atoms with E-state index >= 15 is 0 Å². The van der Waals surface area contributed by atoms with E-state index in [0.717, 1.165) is 44.4 Å². The maximum absolute atomic E-state index is 12.0. The highest BCUT2D eigenvalue weighted by Gasteiger charge is 2.33. The van der Waals surface area contributed by atoms with Gasteiger partial charge in [-0.25, -0.2) is 4.98 Å². The molecule has 0 saturated carbocycles. The lowest BCUT2D eigenvalue weighted by Crippen LogP contribution is -2.08. The second kappa shape index (κ2) is 8.50. The molecule has 0 saturated heterocycles. The van der Waals surface area contributed by atoms with Crippen LogP contribution < -0.4 is 16.2 Å². The summed E-state index contributed by atoms with van der Waals surface area (Å²) in [4.78, 5) is 4.61. The van der Waals surface area contributed by atoms with Crippen molar-refractivity contribution in [1.82, 2.24) is 4.98 Å². The molecule has 1 aromatic heterocycles. The molecule has 3 aromatic carbocycles. The molecule has 1 heterocycles. The number of phenols is 1. The van der Waals surface area contributed by atoms with Crippen molar-refractivity contribution in [2.45, 2.75) is 6.18 Å². The van der Waals surface area contributed by atoms with Crippen LogP contribution in [0, 0.1) is 0 Å². The van der Waals surface area contributed by atoms with Gasteiger partial charge in [0.15, 0.2) is 0 Å². The fourth-order valence-electron chi connectivity index (χ4n) is 2.57. The van der Waals surface area contributed by atoms with E-state index in [4.69, 9.17) is 21.3 Å². The molecule has 0 fully saturated rings. The zero-order valence-corrected chi connectivity index (χ0v) is 16.6. The van der Waals surface area contributed by atoms with Crippen LogP contribution in [0.1, 0.15) is 5.56 Å². The van der Waals surface area contributed by atoms with Gasteiger partial charge in [0.1, 0.15) is 16.5 Å². The van der Waals surface area contributed by atoms with Gasteiger partial charge in [-0.3, -0.25) is 0 Å². The number of anilines is 2. The fourth-order valence-corrected chi connectivity index (χ4v) is 3.57. The Kier molecular flexibility index (Phi) is 6.02. The number of nitrogen functional groups attached to an aromatic ring is 2. The number of phenolic OH excluding ortho intramolecular Hbond substituents is 1. The Hall–Kier alpha value is -3.46. The Labute approximate surface area is 174 Å². The summed E-state index contributed by atoms with van der Waals surface area (Å²) < 4.78 is 42.5. The van der Waals surface area contributed by atoms with Crippen LogP contribution in [-0.4, -0.2) is 17.2 Å². The van der Waals surface area contributed by atoms with Crippen LogP contribution in [0.15, 0.2) is 60.7 Å². The first kappa shape index (κ1) is 21.3. The van der Waals surface area contributed by atoms with E-state index in [2.05, 4.69) is 4.98 Å². The molecule has 0 radical (unpaired) electrons. The van der Waals surface area contributed by atoms with E-state index in [1.807, 2.05) is 42.5 Å². The molecule has 0 spiro atoms. The van der Waals surface area contributed by atoms with Crippen molar-refractivity contribution in [3.05, 3.63) is 66.2 Å². The largest absolute Gasteiger partial charge is 0.508 e. The molecular formula is C21H18F3N3O2S. The number of fused-ring (bicyclic) bond motifs is 1. The summed E-state index contributed by atoms with van der Waals surface area (Å²) >= 11 is 1.65. The smallest absolute Gasteiger partial charge is 0.418 e. The minimum absolute atomic E-state index is 0.389. The second-order valence-corrected chi connectivity index (χ2v) is 7.27. The standard InChI is InChI=1S/C14H12N2OS.C7H6F3NO/c1-17-11-6-7-12-13(8-11)18-14(16-12)9-2-4-10(15)5-3-9;8-7(9,10)5-3-4(12)1-2-6(5)11/h2-8H,15H2,1H3;1-3,12H,11H2. The van der Waals surface area contributed by atoms with Crippen LogP contribution >= 0.6 is 11.3 Å². The number of hydrogen-bond acceptors (Lipinski definition) is 6. The first-order valence-electron chi connectivity index (χ1n) is 8.63. The Morgan fingerprint density at radius 3 is 2.27 bits per heavy atom. The maximum atomic E-state index is 12.0. The summed E-state index contributed by atoms with van der Waals surface area (Å²) in [6.07, 6.45) is -4.51. The van der Waals surface area contributed by atoms with Gasteiger partial charge in [0.25, 0.3) is 0 Å². The zero-order valence-electron chi connectivity index (χ0n) is 15.8. The monoisotopic (exact) mass is 433 g/mol. The van der Waals surface area contributed by atoms with Crippen molar-refractivity contribution in [3.8, 4) is 22.1 Å². The number of thiazole rings is 1. The summed E-state index contributed by atoms with van der Waals surface area (Å²) in [5.74, 6) is 0.409. The Bertz CT molecular complexity index is 1160. The van der Waals surface area contributed by atoms with E-state index in [1.54, 1.807) is 18.4 Å². The number of rotatable bonds is 2. The Morgan fingerprint density at radius 2 is 1.67 bits per heavy atom. The molecular weight excluding hydrogens is 415 g/mol. The van der Waals surface area contributed by atoms with Gasteiger partial charge in [-0.2, -0.15) is 13.2 Å². The Morgan fingerprint density at radius 1 is 0.967 bits per heavy atom. The van der Waals surface area contributed by atoms with Crippen LogP contribution in [0.4, 0.5) is 24.5 Å². The molecule has 9 heteroatoms. The zero-order chi connectivity index (χ0) is 21.9. The molecule has 0 amide bonds. The van der Waals surface area contributed by atoms with Crippen molar-refractivity contribution < 1.29 is 23.0 Å². The van der Waals surface area contributed by atoms with Crippen LogP contribution in [-0.2, 0) is 6.18 Å². The topological polar surface area (TPSA) is 94.4 Å². The normalized spacial score (nSPS) is 11.1. The van der Waals surface area contributed by atoms with E-state index in [0.29, 0.717) is 6.07 Å². The number of halogens is 3. The lowest BCUT2D eigenvalue weighted by atomic mass is 10.1. The van der Waals surface area contributed by atoms with Crippen LogP contribution in [0.3, 0.4) is 0 Å². The highest BCUT2D eigenvalue weighted by molar-refractivity contribution is 7.21. The van der Waals surface area contributed by atoms with Crippen molar-refractivity contribution in [1.29, 1.82) is 0 Å². The molecule has 0 aliphatic rings. The predicted molar refractivity (Wildman–Crippen MR) is 114 cm³/mol. The summed E-state index contributed by atoms with van der Waals surface area (Å²) in [7, 11) is 1.67. The quantitative estimate of drug-likeness (QED) is 0.285. The molecule has 0 unspecified atom stereocenters. The first-order chi connectivity index (χ1) is 14.2. The summed E-state index contributed by atoms with van der Waals surface area (Å²) in [6, 6.07) is 16.4. The van der Waals surface area contributed by atoms with E-state index in [1.165, 1.54) is 0 Å². The summed E-state index contributed by atoms with van der Waals surface area (Å²) in [6.45, 7) is 0. The third kappa shape index (κ3) is 4.93. The highest BCUT2D eigenvalue weighted by atomic mass is 32.1. The second-order valence-electron chi connectivity index (χ2n) is 6.24. The number of benzene rings is 3. The first-order valence-corrected chi connectivity index (χ1v) is 9.45. The number of aromatic hydroxyl groups is 1. The van der Waals surface area contributed by atoms with Gasteiger partial charge in [0, 0.05) is 16.9 Å². The molecule has 156 valence electrons. The summed E-state index contributed by atoms with van der Waals surface area (Å²) in [5, 5.41) is 9.74. The number of methoxy groups -OCH3 is 1. The number of nitrogens with zero attached hydrogens (tertiary/aromatic N) is 1. The fraction of sp³-hybridized carbons (Fsp3) is 0.0952. The minimum atomic E-state index is -4.51. The van der Waals surface area contributed by atoms with Gasteiger partial charge in [-0.1, -0.05) is 0 Å². The van der Waals surface area contributed by atoms with Gasteiger partial charge in [0.2, 0.25) is 0 Å². The van der Waals surface area contributed by atoms with Gasteiger partial charge < -0.3 is 21.3 Å². The maximum Gasteiger partial charge on any atom is 0.418 e. The van der Waals surface area contributed by atoms with Crippen LogP contribution in [0.5, 0.6) is 11.5 Å². The van der Waals surface area contributed by atoms with E-state index in [9.17, 15) is 13.2 Å². The number of nitrogens with two attached hydrogens (primary N) is 2. The van der Waals surface area contributed by atoms with Crippen molar-refractivity contribution in [2.75, 3.05) is 18.6 Å². The number of hydrogen-bond donors (Lipinski definition) is 3. The predicted octanol–water partition coefficient (Wildman–Crippen LogP) is 5.55. The molecule has 0 bridgehead atoms. The number of aromatic nitrogens is 1. The summed E-state index contributed by atoms with van der Waals surface area (Å²) in [5.41, 5.74) is 12.2. The average Bonchev–Trinajstić information content (AvgIpc) is 3.13. The van der Waals surface area contributed by atoms with Gasteiger partial charge in [-0.15, -0.1) is 11.3 Å². The third-order valence-corrected chi connectivity index (χ3v) is 5.16. The molecule has 0 aliphatic carbocycles. The molecule has 5 N–H and O–H groups in total. The highest BCUT2D eigenvalue weighted by Crippen LogP contribution is 2.35. The molecule has 0 aliphatic heterocycles. The molecule has 4 rings (SSSR count). The lowest BCUT2D eigenvalue weighted by Gasteiger charge is -2.09. The molecule has 0 atom stereocenters. The molecule has 5 nitrogen and oxygen atoms in total.